The quantitative estimate of drug-likeness (QED) is 0.676. The zero-order chi connectivity index (χ0) is 9.80. The lowest BCUT2D eigenvalue weighted by Gasteiger charge is -2.24. The maximum Gasteiger partial charge on any atom is 0.150 e. The molecule has 1 saturated heterocycles. The Kier molecular flexibility index (Phi) is 2.91. The van der Waals surface area contributed by atoms with Gasteiger partial charge in [0.15, 0.2) is 0 Å². The van der Waals surface area contributed by atoms with Gasteiger partial charge in [0.05, 0.1) is 0 Å². The standard InChI is InChI=1S/C11H14N2O/c14-8-9-1-3-10(4-2-9)11-7-12-5-6-13-11/h1-4,8,11-13H,5-7H2. The third kappa shape index (κ3) is 2.00. The number of hydrogen-bond donors (Lipinski definition) is 2. The van der Waals surface area contributed by atoms with E-state index in [9.17, 15) is 4.79 Å². The van der Waals surface area contributed by atoms with Gasteiger partial charge in [-0.05, 0) is 5.56 Å². The van der Waals surface area contributed by atoms with Gasteiger partial charge in [0.1, 0.15) is 6.29 Å². The summed E-state index contributed by atoms with van der Waals surface area (Å²) in [7, 11) is 0. The summed E-state index contributed by atoms with van der Waals surface area (Å²) < 4.78 is 0. The van der Waals surface area contributed by atoms with Gasteiger partial charge in [-0.15, -0.1) is 0 Å². The summed E-state index contributed by atoms with van der Waals surface area (Å²) in [5.74, 6) is 0. The van der Waals surface area contributed by atoms with Crippen LogP contribution in [0, 0.1) is 0 Å². The molecule has 3 heteroatoms. The molecule has 2 N–H and O–H groups in total. The Morgan fingerprint density at radius 3 is 2.57 bits per heavy atom. The highest BCUT2D eigenvalue weighted by atomic mass is 16.1. The van der Waals surface area contributed by atoms with E-state index in [1.54, 1.807) is 0 Å². The third-order valence-corrected chi connectivity index (χ3v) is 2.52. The normalized spacial score (nSPS) is 21.9. The molecule has 0 aromatic heterocycles. The largest absolute Gasteiger partial charge is 0.314 e. The summed E-state index contributed by atoms with van der Waals surface area (Å²) in [4.78, 5) is 10.5. The number of piperazine rings is 1. The van der Waals surface area contributed by atoms with Crippen LogP contribution < -0.4 is 10.6 Å². The van der Waals surface area contributed by atoms with Crippen molar-refractivity contribution >= 4 is 6.29 Å². The van der Waals surface area contributed by atoms with Crippen LogP contribution in [-0.2, 0) is 0 Å². The fourth-order valence-electron chi connectivity index (χ4n) is 1.70. The topological polar surface area (TPSA) is 41.1 Å². The molecule has 3 nitrogen and oxygen atoms in total. The van der Waals surface area contributed by atoms with Gasteiger partial charge in [-0.1, -0.05) is 24.3 Å². The van der Waals surface area contributed by atoms with E-state index in [2.05, 4.69) is 10.6 Å². The Balaban J connectivity index is 2.11. The van der Waals surface area contributed by atoms with Gasteiger partial charge in [-0.2, -0.15) is 0 Å². The Labute approximate surface area is 83.5 Å². The van der Waals surface area contributed by atoms with Crippen molar-refractivity contribution in [2.24, 2.45) is 0 Å². The van der Waals surface area contributed by atoms with Gasteiger partial charge in [-0.3, -0.25) is 4.79 Å². The van der Waals surface area contributed by atoms with Gasteiger partial charge >= 0.3 is 0 Å². The number of hydrogen-bond acceptors (Lipinski definition) is 3. The first kappa shape index (κ1) is 9.37. The summed E-state index contributed by atoms with van der Waals surface area (Å²) >= 11 is 0. The van der Waals surface area contributed by atoms with E-state index >= 15 is 0 Å². The van der Waals surface area contributed by atoms with Crippen LogP contribution in [0.5, 0.6) is 0 Å². The van der Waals surface area contributed by atoms with Crippen molar-refractivity contribution in [3.8, 4) is 0 Å². The highest BCUT2D eigenvalue weighted by Crippen LogP contribution is 2.13. The van der Waals surface area contributed by atoms with Gasteiger partial charge in [0.25, 0.3) is 0 Å². The molecule has 1 aromatic carbocycles. The van der Waals surface area contributed by atoms with Crippen LogP contribution in [0.15, 0.2) is 24.3 Å². The van der Waals surface area contributed by atoms with Gasteiger partial charge < -0.3 is 10.6 Å². The fourth-order valence-corrected chi connectivity index (χ4v) is 1.70. The van der Waals surface area contributed by atoms with Gasteiger partial charge in [0.2, 0.25) is 0 Å². The molecule has 1 atom stereocenters. The van der Waals surface area contributed by atoms with E-state index in [-0.39, 0.29) is 0 Å². The molecule has 1 aliphatic heterocycles. The molecular formula is C11H14N2O. The lowest BCUT2D eigenvalue weighted by Crippen LogP contribution is -2.42. The number of rotatable bonds is 2. The zero-order valence-electron chi connectivity index (χ0n) is 7.99. The van der Waals surface area contributed by atoms with Crippen molar-refractivity contribution < 1.29 is 4.79 Å². The van der Waals surface area contributed by atoms with E-state index < -0.39 is 0 Å². The zero-order valence-corrected chi connectivity index (χ0v) is 7.99. The van der Waals surface area contributed by atoms with Crippen LogP contribution in [0.25, 0.3) is 0 Å². The Hall–Kier alpha value is -1.19. The SMILES string of the molecule is O=Cc1ccc(C2CNCCN2)cc1. The molecule has 0 amide bonds. The van der Waals surface area contributed by atoms with Crippen molar-refractivity contribution in [1.29, 1.82) is 0 Å². The first-order valence-corrected chi connectivity index (χ1v) is 4.89. The first-order chi connectivity index (χ1) is 6.90. The second-order valence-electron chi connectivity index (χ2n) is 3.50. The summed E-state index contributed by atoms with van der Waals surface area (Å²) in [5, 5.41) is 6.75. The van der Waals surface area contributed by atoms with Crippen molar-refractivity contribution in [2.45, 2.75) is 6.04 Å². The molecule has 74 valence electrons. The third-order valence-electron chi connectivity index (χ3n) is 2.52. The summed E-state index contributed by atoms with van der Waals surface area (Å²) in [6, 6.07) is 8.12. The van der Waals surface area contributed by atoms with Crippen LogP contribution >= 0.6 is 0 Å². The molecule has 1 fully saturated rings. The van der Waals surface area contributed by atoms with Gasteiger partial charge in [0, 0.05) is 31.2 Å². The van der Waals surface area contributed by atoms with Crippen molar-refractivity contribution in [3.63, 3.8) is 0 Å². The molecule has 0 aliphatic carbocycles. The maximum absolute atomic E-state index is 10.5. The molecule has 2 rings (SSSR count). The van der Waals surface area contributed by atoms with Crippen LogP contribution in [0.2, 0.25) is 0 Å². The number of carbonyl (C=O) groups excluding carboxylic acids is 1. The minimum Gasteiger partial charge on any atom is -0.314 e. The molecule has 1 aliphatic rings. The van der Waals surface area contributed by atoms with E-state index in [1.807, 2.05) is 24.3 Å². The van der Waals surface area contributed by atoms with Crippen molar-refractivity contribution in [1.82, 2.24) is 10.6 Å². The van der Waals surface area contributed by atoms with E-state index in [4.69, 9.17) is 0 Å². The van der Waals surface area contributed by atoms with Crippen molar-refractivity contribution in [3.05, 3.63) is 35.4 Å². The highest BCUT2D eigenvalue weighted by Gasteiger charge is 2.13. The Morgan fingerprint density at radius 1 is 1.21 bits per heavy atom. The lowest BCUT2D eigenvalue weighted by molar-refractivity contribution is 0.112. The number of aldehydes is 1. The van der Waals surface area contributed by atoms with Crippen LogP contribution in [0.1, 0.15) is 22.0 Å². The first-order valence-electron chi connectivity index (χ1n) is 4.89. The molecule has 0 bridgehead atoms. The minimum atomic E-state index is 0.379. The molecule has 1 unspecified atom stereocenters. The van der Waals surface area contributed by atoms with E-state index in [1.165, 1.54) is 5.56 Å². The molecule has 0 radical (unpaired) electrons. The Bertz CT molecular complexity index is 302. The lowest BCUT2D eigenvalue weighted by atomic mass is 10.0. The molecule has 0 saturated carbocycles. The van der Waals surface area contributed by atoms with Crippen molar-refractivity contribution in [2.75, 3.05) is 19.6 Å². The summed E-state index contributed by atoms with van der Waals surface area (Å²) in [5.41, 5.74) is 1.97. The average molecular weight is 190 g/mol. The highest BCUT2D eigenvalue weighted by molar-refractivity contribution is 5.74. The monoisotopic (exact) mass is 190 g/mol. The van der Waals surface area contributed by atoms with Crippen LogP contribution in [0.4, 0.5) is 0 Å². The number of benzene rings is 1. The average Bonchev–Trinajstić information content (AvgIpc) is 2.30. The van der Waals surface area contributed by atoms with E-state index in [0.29, 0.717) is 6.04 Å². The van der Waals surface area contributed by atoms with E-state index in [0.717, 1.165) is 31.5 Å². The molecular weight excluding hydrogens is 176 g/mol. The Morgan fingerprint density at radius 2 is 2.00 bits per heavy atom. The number of nitrogens with one attached hydrogen (secondary N) is 2. The molecule has 0 spiro atoms. The van der Waals surface area contributed by atoms with Crippen LogP contribution in [0.3, 0.4) is 0 Å². The maximum atomic E-state index is 10.5. The minimum absolute atomic E-state index is 0.379. The summed E-state index contributed by atoms with van der Waals surface area (Å²) in [6.07, 6.45) is 0.871. The summed E-state index contributed by atoms with van der Waals surface area (Å²) in [6.45, 7) is 2.99. The predicted octanol–water partition coefficient (Wildman–Crippen LogP) is 0.733. The number of carbonyl (C=O) groups is 1. The predicted molar refractivity (Wildman–Crippen MR) is 55.4 cm³/mol. The second kappa shape index (κ2) is 4.35. The molecule has 1 aromatic rings. The van der Waals surface area contributed by atoms with Crippen LogP contribution in [-0.4, -0.2) is 25.9 Å². The van der Waals surface area contributed by atoms with Gasteiger partial charge in [-0.25, -0.2) is 0 Å². The second-order valence-corrected chi connectivity index (χ2v) is 3.50. The molecule has 14 heavy (non-hydrogen) atoms. The molecule has 1 heterocycles. The smallest absolute Gasteiger partial charge is 0.150 e. The fraction of sp³-hybridized carbons (Fsp3) is 0.364.